The summed E-state index contributed by atoms with van der Waals surface area (Å²) in [6.07, 6.45) is 0. The third kappa shape index (κ3) is 3.83. The van der Waals surface area contributed by atoms with E-state index in [0.717, 1.165) is 13.1 Å². The minimum absolute atomic E-state index is 0.0560. The highest BCUT2D eigenvalue weighted by Gasteiger charge is 2.45. The number of hydrogen-bond acceptors (Lipinski definition) is 5. The van der Waals surface area contributed by atoms with Gasteiger partial charge >= 0.3 is 0 Å². The number of quaternary nitrogens is 1. The number of nitrogens with zero attached hydrogens (tertiary/aromatic N) is 1. The maximum Gasteiger partial charge on any atom is 0.290 e. The van der Waals surface area contributed by atoms with E-state index in [2.05, 4.69) is 0 Å². The second-order valence-electron chi connectivity index (χ2n) is 7.10. The summed E-state index contributed by atoms with van der Waals surface area (Å²) in [7, 11) is 0. The Balaban J connectivity index is 1.68. The monoisotopic (exact) mass is 417 g/mol. The molecule has 0 radical (unpaired) electrons. The molecule has 1 amide bonds. The highest BCUT2D eigenvalue weighted by molar-refractivity contribution is 7.12. The number of aliphatic hydroxyl groups is 1. The number of aliphatic hydroxyl groups excluding tert-OH is 1. The zero-order valence-electron chi connectivity index (χ0n) is 15.8. The van der Waals surface area contributed by atoms with Crippen molar-refractivity contribution in [2.45, 2.75) is 6.04 Å². The van der Waals surface area contributed by atoms with Crippen LogP contribution in [0.1, 0.15) is 21.3 Å². The molecule has 1 fully saturated rings. The Morgan fingerprint density at radius 3 is 2.69 bits per heavy atom. The quantitative estimate of drug-likeness (QED) is 0.697. The van der Waals surface area contributed by atoms with Crippen molar-refractivity contribution in [2.24, 2.45) is 0 Å². The average Bonchev–Trinajstić information content (AvgIpc) is 3.35. The number of Topliss-reactive ketones (excluding diaryl/α,β-unsaturated/α-hetero) is 1. The van der Waals surface area contributed by atoms with E-state index in [-0.39, 0.29) is 11.1 Å². The van der Waals surface area contributed by atoms with Gasteiger partial charge in [0, 0.05) is 5.56 Å². The Kier molecular flexibility index (Phi) is 5.75. The van der Waals surface area contributed by atoms with Crippen molar-refractivity contribution < 1.29 is 28.7 Å². The van der Waals surface area contributed by atoms with E-state index in [4.69, 9.17) is 4.74 Å². The van der Waals surface area contributed by atoms with E-state index >= 15 is 0 Å². The number of hydrogen-bond donors (Lipinski definition) is 2. The number of halogens is 1. The molecule has 2 aliphatic heterocycles. The second-order valence-corrected chi connectivity index (χ2v) is 8.05. The molecule has 2 N–H and O–H groups in total. The first-order chi connectivity index (χ1) is 14.1. The molecule has 6 nitrogen and oxygen atoms in total. The number of benzene rings is 1. The standard InChI is InChI=1S/C21H21FN2O4S/c22-15-5-2-1-4-14(15)18-17(19(25)16-6-3-13-29-16)20(26)21(27)24(18)8-7-23-9-11-28-12-10-23/h1-6,13,18,26H,7-12H2/p+1/t18-/m1/s1. The first kappa shape index (κ1) is 19.8. The Morgan fingerprint density at radius 1 is 1.24 bits per heavy atom. The lowest BCUT2D eigenvalue weighted by Crippen LogP contribution is -3.14. The van der Waals surface area contributed by atoms with Gasteiger partial charge in [-0.15, -0.1) is 11.3 Å². The van der Waals surface area contributed by atoms with Crippen LogP contribution in [-0.4, -0.2) is 61.1 Å². The van der Waals surface area contributed by atoms with Gasteiger partial charge in [-0.25, -0.2) is 4.39 Å². The van der Waals surface area contributed by atoms with Crippen molar-refractivity contribution in [3.8, 4) is 0 Å². The van der Waals surface area contributed by atoms with Crippen molar-refractivity contribution in [3.05, 3.63) is 69.4 Å². The molecule has 0 spiro atoms. The smallest absolute Gasteiger partial charge is 0.290 e. The maximum absolute atomic E-state index is 14.7. The van der Waals surface area contributed by atoms with E-state index in [1.54, 1.807) is 35.7 Å². The molecule has 0 bridgehead atoms. The van der Waals surface area contributed by atoms with Crippen LogP contribution in [0.25, 0.3) is 0 Å². The van der Waals surface area contributed by atoms with Gasteiger partial charge in [0.2, 0.25) is 5.78 Å². The average molecular weight is 417 g/mol. The number of rotatable bonds is 6. The Hall–Kier alpha value is -2.55. The second kappa shape index (κ2) is 8.44. The number of ether oxygens (including phenoxy) is 1. The number of carbonyl (C=O) groups is 2. The molecule has 0 aliphatic carbocycles. The van der Waals surface area contributed by atoms with Gasteiger partial charge < -0.3 is 19.6 Å². The summed E-state index contributed by atoms with van der Waals surface area (Å²) in [6, 6.07) is 8.49. The van der Waals surface area contributed by atoms with Crippen molar-refractivity contribution >= 4 is 23.0 Å². The molecule has 2 aromatic rings. The van der Waals surface area contributed by atoms with Crippen LogP contribution in [0.4, 0.5) is 4.39 Å². The molecule has 0 saturated carbocycles. The molecule has 3 heterocycles. The number of nitrogens with one attached hydrogen (secondary N) is 1. The van der Waals surface area contributed by atoms with Crippen LogP contribution in [0, 0.1) is 5.82 Å². The van der Waals surface area contributed by atoms with Crippen molar-refractivity contribution in [1.82, 2.24) is 4.90 Å². The fourth-order valence-electron chi connectivity index (χ4n) is 3.87. The molecule has 152 valence electrons. The molecular weight excluding hydrogens is 395 g/mol. The number of morpholine rings is 1. The van der Waals surface area contributed by atoms with E-state index < -0.39 is 29.3 Å². The molecule has 2 aliphatic rings. The summed E-state index contributed by atoms with van der Waals surface area (Å²) in [6.45, 7) is 3.91. The molecular formula is C21H22FN2O4S+. The van der Waals surface area contributed by atoms with Crippen molar-refractivity contribution in [3.63, 3.8) is 0 Å². The number of ketones is 1. The highest BCUT2D eigenvalue weighted by Crippen LogP contribution is 2.40. The fraction of sp³-hybridized carbons (Fsp3) is 0.333. The van der Waals surface area contributed by atoms with Crippen LogP contribution < -0.4 is 4.90 Å². The number of amides is 1. The van der Waals surface area contributed by atoms with Crippen LogP contribution in [0.3, 0.4) is 0 Å². The van der Waals surface area contributed by atoms with Crippen LogP contribution in [0.2, 0.25) is 0 Å². The Labute approximate surface area is 171 Å². The molecule has 4 rings (SSSR count). The molecule has 0 unspecified atom stereocenters. The van der Waals surface area contributed by atoms with Crippen molar-refractivity contribution in [1.29, 1.82) is 0 Å². The van der Waals surface area contributed by atoms with Gasteiger partial charge in [-0.1, -0.05) is 24.3 Å². The van der Waals surface area contributed by atoms with E-state index in [1.165, 1.54) is 27.2 Å². The minimum Gasteiger partial charge on any atom is -0.503 e. The van der Waals surface area contributed by atoms with Gasteiger partial charge in [0.05, 0.1) is 42.8 Å². The largest absolute Gasteiger partial charge is 0.503 e. The predicted molar refractivity (Wildman–Crippen MR) is 106 cm³/mol. The normalized spacial score (nSPS) is 20.5. The Bertz CT molecular complexity index is 938. The number of thiophene rings is 1. The third-order valence-corrected chi connectivity index (χ3v) is 6.27. The Morgan fingerprint density at radius 2 is 2.00 bits per heavy atom. The first-order valence-corrected chi connectivity index (χ1v) is 10.4. The molecule has 1 saturated heterocycles. The van der Waals surface area contributed by atoms with Gasteiger partial charge in [0.25, 0.3) is 5.91 Å². The lowest BCUT2D eigenvalue weighted by molar-refractivity contribution is -0.907. The highest BCUT2D eigenvalue weighted by atomic mass is 32.1. The maximum atomic E-state index is 14.7. The van der Waals surface area contributed by atoms with Gasteiger partial charge in [0.1, 0.15) is 18.9 Å². The summed E-state index contributed by atoms with van der Waals surface area (Å²) in [5.74, 6) is -2.18. The topological polar surface area (TPSA) is 71.3 Å². The van der Waals surface area contributed by atoms with E-state index in [9.17, 15) is 19.1 Å². The molecule has 1 aromatic heterocycles. The molecule has 8 heteroatoms. The molecule has 1 aromatic carbocycles. The summed E-state index contributed by atoms with van der Waals surface area (Å²) in [5.41, 5.74) is 0.154. The summed E-state index contributed by atoms with van der Waals surface area (Å²) in [5, 5.41) is 12.3. The van der Waals surface area contributed by atoms with Gasteiger partial charge in [-0.2, -0.15) is 0 Å². The minimum atomic E-state index is -0.946. The van der Waals surface area contributed by atoms with E-state index in [0.29, 0.717) is 31.2 Å². The van der Waals surface area contributed by atoms with Crippen LogP contribution >= 0.6 is 11.3 Å². The fourth-order valence-corrected chi connectivity index (χ4v) is 4.54. The summed E-state index contributed by atoms with van der Waals surface area (Å²) >= 11 is 1.22. The van der Waals surface area contributed by atoms with Crippen LogP contribution in [-0.2, 0) is 9.53 Å². The number of carbonyl (C=O) groups excluding carboxylic acids is 2. The van der Waals surface area contributed by atoms with Gasteiger partial charge in [0.15, 0.2) is 5.76 Å². The molecule has 29 heavy (non-hydrogen) atoms. The van der Waals surface area contributed by atoms with Crippen molar-refractivity contribution in [2.75, 3.05) is 39.4 Å². The first-order valence-electron chi connectivity index (χ1n) is 9.56. The lowest BCUT2D eigenvalue weighted by Gasteiger charge is -2.30. The predicted octanol–water partition coefficient (Wildman–Crippen LogP) is 1.38. The van der Waals surface area contributed by atoms with Gasteiger partial charge in [-0.3, -0.25) is 9.59 Å². The summed E-state index contributed by atoms with van der Waals surface area (Å²) < 4.78 is 20.0. The van der Waals surface area contributed by atoms with Crippen LogP contribution in [0.5, 0.6) is 0 Å². The van der Waals surface area contributed by atoms with Crippen LogP contribution in [0.15, 0.2) is 53.1 Å². The zero-order chi connectivity index (χ0) is 20.4. The SMILES string of the molecule is O=C(C1=C(O)C(=O)N(CC[NH+]2CCOCC2)[C@@H]1c1ccccc1F)c1cccs1. The summed E-state index contributed by atoms with van der Waals surface area (Å²) in [4.78, 5) is 29.0. The lowest BCUT2D eigenvalue weighted by atomic mass is 9.95. The molecule has 1 atom stereocenters. The van der Waals surface area contributed by atoms with Gasteiger partial charge in [-0.05, 0) is 17.5 Å². The zero-order valence-corrected chi connectivity index (χ0v) is 16.6. The third-order valence-electron chi connectivity index (χ3n) is 5.40. The van der Waals surface area contributed by atoms with E-state index in [1.807, 2.05) is 0 Å².